The normalized spacial score (nSPS) is 28.5. The number of nitrogens with one attached hydrogen (secondary N) is 1. The molecule has 0 aromatic carbocycles. The van der Waals surface area contributed by atoms with Crippen LogP contribution in [0.25, 0.3) is 0 Å². The molecule has 1 N–H and O–H groups in total. The fraction of sp³-hybridized carbons (Fsp3) is 0.944. The minimum Gasteiger partial charge on any atom is -0.444 e. The molecule has 3 aliphatic rings. The van der Waals surface area contributed by atoms with Gasteiger partial charge in [-0.25, -0.2) is 4.79 Å². The molecule has 132 valence electrons. The molecule has 2 aliphatic heterocycles. The third-order valence-corrected chi connectivity index (χ3v) is 5.22. The van der Waals surface area contributed by atoms with Crippen molar-refractivity contribution in [2.45, 2.75) is 83.0 Å². The number of ether oxygens (including phenoxy) is 1. The molecule has 0 spiro atoms. The van der Waals surface area contributed by atoms with Crippen LogP contribution in [0.5, 0.6) is 0 Å². The van der Waals surface area contributed by atoms with E-state index in [-0.39, 0.29) is 6.09 Å². The lowest BCUT2D eigenvalue weighted by Crippen LogP contribution is -2.48. The highest BCUT2D eigenvalue weighted by molar-refractivity contribution is 5.69. The third kappa shape index (κ3) is 4.83. The highest BCUT2D eigenvalue weighted by atomic mass is 16.6. The first-order chi connectivity index (χ1) is 10.9. The summed E-state index contributed by atoms with van der Waals surface area (Å²) in [5.74, 6) is 0. The van der Waals surface area contributed by atoms with Crippen LogP contribution in [-0.2, 0) is 4.74 Å². The quantitative estimate of drug-likeness (QED) is 0.845. The van der Waals surface area contributed by atoms with Gasteiger partial charge in [0.15, 0.2) is 0 Å². The van der Waals surface area contributed by atoms with Crippen molar-refractivity contribution in [2.24, 2.45) is 0 Å². The molecule has 2 atom stereocenters. The Morgan fingerprint density at radius 2 is 2.00 bits per heavy atom. The maximum Gasteiger partial charge on any atom is 0.410 e. The van der Waals surface area contributed by atoms with Crippen molar-refractivity contribution < 1.29 is 9.53 Å². The second-order valence-electron chi connectivity index (χ2n) is 8.41. The summed E-state index contributed by atoms with van der Waals surface area (Å²) in [7, 11) is 0. The largest absolute Gasteiger partial charge is 0.444 e. The van der Waals surface area contributed by atoms with Crippen LogP contribution in [0.4, 0.5) is 4.79 Å². The number of carbonyl (C=O) groups excluding carboxylic acids is 1. The van der Waals surface area contributed by atoms with Crippen molar-refractivity contribution in [3.8, 4) is 0 Å². The van der Waals surface area contributed by atoms with Crippen molar-refractivity contribution in [2.75, 3.05) is 26.2 Å². The van der Waals surface area contributed by atoms with Crippen LogP contribution in [0.1, 0.15) is 59.3 Å². The van der Waals surface area contributed by atoms with Gasteiger partial charge < -0.3 is 19.9 Å². The monoisotopic (exact) mass is 323 g/mol. The molecular formula is C18H33N3O2. The summed E-state index contributed by atoms with van der Waals surface area (Å²) in [6.07, 6.45) is 7.35. The minimum absolute atomic E-state index is 0.146. The number of fused-ring (bicyclic) bond motifs is 1. The fourth-order valence-electron chi connectivity index (χ4n) is 3.93. The number of piperidine rings is 1. The zero-order chi connectivity index (χ0) is 16.4. The Balaban J connectivity index is 1.42. The maximum atomic E-state index is 12.3. The maximum absolute atomic E-state index is 12.3. The highest BCUT2D eigenvalue weighted by Gasteiger charge is 2.35. The van der Waals surface area contributed by atoms with E-state index in [9.17, 15) is 4.79 Å². The van der Waals surface area contributed by atoms with Crippen molar-refractivity contribution in [3.05, 3.63) is 0 Å². The minimum atomic E-state index is -0.410. The van der Waals surface area contributed by atoms with Crippen molar-refractivity contribution >= 4 is 6.09 Å². The first kappa shape index (κ1) is 17.0. The van der Waals surface area contributed by atoms with Crippen molar-refractivity contribution in [1.29, 1.82) is 0 Å². The Morgan fingerprint density at radius 1 is 1.22 bits per heavy atom. The van der Waals surface area contributed by atoms with Gasteiger partial charge in [-0.2, -0.15) is 0 Å². The molecule has 5 nitrogen and oxygen atoms in total. The van der Waals surface area contributed by atoms with E-state index in [4.69, 9.17) is 4.74 Å². The molecule has 1 amide bonds. The number of hydrogen-bond acceptors (Lipinski definition) is 4. The molecule has 3 rings (SSSR count). The van der Waals surface area contributed by atoms with Gasteiger partial charge in [-0.1, -0.05) is 0 Å². The van der Waals surface area contributed by atoms with Crippen molar-refractivity contribution in [3.63, 3.8) is 0 Å². The van der Waals surface area contributed by atoms with Gasteiger partial charge in [0.05, 0.1) is 0 Å². The third-order valence-electron chi connectivity index (χ3n) is 5.22. The SMILES string of the molecule is CC(C)(C)OC(=O)N(CCNC1CCN2CCCC2C1)C1CC1. The van der Waals surface area contributed by atoms with Crippen LogP contribution < -0.4 is 5.32 Å². The van der Waals surface area contributed by atoms with Crippen LogP contribution >= 0.6 is 0 Å². The number of rotatable bonds is 5. The first-order valence-electron chi connectivity index (χ1n) is 9.39. The molecule has 2 unspecified atom stereocenters. The van der Waals surface area contributed by atoms with Gasteiger partial charge in [0.1, 0.15) is 5.60 Å². The van der Waals surface area contributed by atoms with Gasteiger partial charge in [-0.3, -0.25) is 0 Å². The average molecular weight is 323 g/mol. The van der Waals surface area contributed by atoms with Gasteiger partial charge in [0, 0.05) is 31.2 Å². The van der Waals surface area contributed by atoms with E-state index in [2.05, 4.69) is 10.2 Å². The van der Waals surface area contributed by atoms with Crippen LogP contribution in [0.2, 0.25) is 0 Å². The first-order valence-corrected chi connectivity index (χ1v) is 9.39. The van der Waals surface area contributed by atoms with Crippen LogP contribution in [0.3, 0.4) is 0 Å². The summed E-state index contributed by atoms with van der Waals surface area (Å²) in [5, 5.41) is 3.69. The fourth-order valence-corrected chi connectivity index (χ4v) is 3.93. The summed E-state index contributed by atoms with van der Waals surface area (Å²) < 4.78 is 5.55. The molecule has 1 saturated carbocycles. The summed E-state index contributed by atoms with van der Waals surface area (Å²) in [5.41, 5.74) is -0.410. The molecule has 2 saturated heterocycles. The summed E-state index contributed by atoms with van der Waals surface area (Å²) >= 11 is 0. The van der Waals surface area contributed by atoms with E-state index in [1.165, 1.54) is 38.8 Å². The number of nitrogens with zero attached hydrogens (tertiary/aromatic N) is 2. The van der Waals surface area contributed by atoms with Gasteiger partial charge >= 0.3 is 6.09 Å². The van der Waals surface area contributed by atoms with E-state index in [1.54, 1.807) is 0 Å². The molecular weight excluding hydrogens is 290 g/mol. The van der Waals surface area contributed by atoms with Gasteiger partial charge in [0.2, 0.25) is 0 Å². The molecule has 1 aliphatic carbocycles. The molecule has 23 heavy (non-hydrogen) atoms. The lowest BCUT2D eigenvalue weighted by Gasteiger charge is -2.35. The van der Waals surface area contributed by atoms with Crippen LogP contribution in [0, 0.1) is 0 Å². The van der Waals surface area contributed by atoms with E-state index in [0.29, 0.717) is 12.1 Å². The van der Waals surface area contributed by atoms with Crippen LogP contribution in [0.15, 0.2) is 0 Å². The molecule has 0 aromatic heterocycles. The Kier molecular flexibility index (Phi) is 5.16. The summed E-state index contributed by atoms with van der Waals surface area (Å²) in [6, 6.07) is 1.82. The van der Waals surface area contributed by atoms with Gasteiger partial charge in [-0.15, -0.1) is 0 Å². The smallest absolute Gasteiger partial charge is 0.410 e. The molecule has 2 heterocycles. The Bertz CT molecular complexity index is 417. The second kappa shape index (κ2) is 6.98. The molecule has 5 heteroatoms. The summed E-state index contributed by atoms with van der Waals surface area (Å²) in [6.45, 7) is 9.99. The number of hydrogen-bond donors (Lipinski definition) is 1. The molecule has 0 radical (unpaired) electrons. The molecule has 3 fully saturated rings. The highest BCUT2D eigenvalue weighted by Crippen LogP contribution is 2.29. The van der Waals surface area contributed by atoms with E-state index >= 15 is 0 Å². The lowest BCUT2D eigenvalue weighted by molar-refractivity contribution is 0.0232. The van der Waals surface area contributed by atoms with E-state index < -0.39 is 5.60 Å². The Hall–Kier alpha value is -0.810. The van der Waals surface area contributed by atoms with Crippen LogP contribution in [-0.4, -0.2) is 65.8 Å². The summed E-state index contributed by atoms with van der Waals surface area (Å²) in [4.78, 5) is 16.9. The molecule has 0 aromatic rings. The van der Waals surface area contributed by atoms with Crippen molar-refractivity contribution in [1.82, 2.24) is 15.1 Å². The van der Waals surface area contributed by atoms with Gasteiger partial charge in [0.25, 0.3) is 0 Å². The predicted octanol–water partition coefficient (Wildman–Crippen LogP) is 2.60. The van der Waals surface area contributed by atoms with E-state index in [0.717, 1.165) is 32.0 Å². The topological polar surface area (TPSA) is 44.8 Å². The standard InChI is InChI=1S/C18H33N3O2/c1-18(2,3)23-17(22)21(15-6-7-15)12-9-19-14-8-11-20-10-4-5-16(20)13-14/h14-16,19H,4-13H2,1-3H3. The lowest BCUT2D eigenvalue weighted by atomic mass is 9.97. The molecule has 0 bridgehead atoms. The Labute approximate surface area is 140 Å². The van der Waals surface area contributed by atoms with E-state index in [1.807, 2.05) is 25.7 Å². The predicted molar refractivity (Wildman–Crippen MR) is 91.6 cm³/mol. The number of amides is 1. The Morgan fingerprint density at radius 3 is 2.70 bits per heavy atom. The number of carbonyl (C=O) groups is 1. The zero-order valence-corrected chi connectivity index (χ0v) is 15.0. The average Bonchev–Trinajstić information content (AvgIpc) is 3.18. The second-order valence-corrected chi connectivity index (χ2v) is 8.41. The zero-order valence-electron chi connectivity index (χ0n) is 15.0. The van der Waals surface area contributed by atoms with Gasteiger partial charge in [-0.05, 0) is 72.4 Å².